The Morgan fingerprint density at radius 1 is 1.45 bits per heavy atom. The molecular formula is C8H17NOS. The van der Waals surface area contributed by atoms with Crippen LogP contribution in [0.2, 0.25) is 0 Å². The fraction of sp³-hybridized carbons (Fsp3) is 1.00. The Balaban J connectivity index is 1.98. The molecule has 0 aromatic rings. The van der Waals surface area contributed by atoms with Crippen molar-refractivity contribution < 1.29 is 4.21 Å². The second-order valence-electron chi connectivity index (χ2n) is 3.21. The summed E-state index contributed by atoms with van der Waals surface area (Å²) in [5, 5.41) is 3.42. The van der Waals surface area contributed by atoms with E-state index in [9.17, 15) is 4.21 Å². The van der Waals surface area contributed by atoms with E-state index in [1.165, 1.54) is 25.7 Å². The highest BCUT2D eigenvalue weighted by molar-refractivity contribution is 7.84. The van der Waals surface area contributed by atoms with Gasteiger partial charge in [-0.15, -0.1) is 0 Å². The van der Waals surface area contributed by atoms with Crippen molar-refractivity contribution in [2.75, 3.05) is 18.6 Å². The summed E-state index contributed by atoms with van der Waals surface area (Å²) < 4.78 is 10.7. The Morgan fingerprint density at radius 3 is 2.64 bits per heavy atom. The second-order valence-corrected chi connectivity index (χ2v) is 4.77. The van der Waals surface area contributed by atoms with Crippen molar-refractivity contribution >= 4 is 10.8 Å². The summed E-state index contributed by atoms with van der Waals surface area (Å²) in [6, 6.07) is 0.721. The van der Waals surface area contributed by atoms with Gasteiger partial charge < -0.3 is 5.32 Å². The van der Waals surface area contributed by atoms with E-state index in [1.807, 2.05) is 0 Å². The maximum absolute atomic E-state index is 10.7. The maximum atomic E-state index is 10.7. The Morgan fingerprint density at radius 2 is 2.09 bits per heavy atom. The minimum absolute atomic E-state index is 0.628. The topological polar surface area (TPSA) is 29.1 Å². The number of rotatable bonds is 4. The molecule has 1 rings (SSSR count). The smallest absolute Gasteiger partial charge is 0.0357 e. The summed E-state index contributed by atoms with van der Waals surface area (Å²) in [4.78, 5) is 0. The van der Waals surface area contributed by atoms with Crippen LogP contribution in [0.1, 0.15) is 25.7 Å². The van der Waals surface area contributed by atoms with Crippen molar-refractivity contribution in [2.24, 2.45) is 0 Å². The van der Waals surface area contributed by atoms with E-state index in [-0.39, 0.29) is 0 Å². The molecule has 1 unspecified atom stereocenters. The summed E-state index contributed by atoms with van der Waals surface area (Å²) in [5.74, 6) is 0.802. The monoisotopic (exact) mass is 175 g/mol. The molecule has 0 bridgehead atoms. The second kappa shape index (κ2) is 4.88. The fourth-order valence-electron chi connectivity index (χ4n) is 1.54. The molecule has 0 aromatic heterocycles. The molecule has 0 radical (unpaired) electrons. The van der Waals surface area contributed by atoms with E-state index in [0.717, 1.165) is 18.3 Å². The summed E-state index contributed by atoms with van der Waals surface area (Å²) in [5.41, 5.74) is 0. The van der Waals surface area contributed by atoms with Crippen LogP contribution in [0, 0.1) is 0 Å². The van der Waals surface area contributed by atoms with Crippen LogP contribution in [0.3, 0.4) is 0 Å². The molecule has 1 fully saturated rings. The number of nitrogens with one attached hydrogen (secondary N) is 1. The zero-order valence-electron chi connectivity index (χ0n) is 7.14. The van der Waals surface area contributed by atoms with Gasteiger partial charge in [-0.2, -0.15) is 0 Å². The Kier molecular flexibility index (Phi) is 4.08. The molecule has 1 saturated carbocycles. The third kappa shape index (κ3) is 3.87. The van der Waals surface area contributed by atoms with Gasteiger partial charge >= 0.3 is 0 Å². The Hall–Kier alpha value is 0.110. The van der Waals surface area contributed by atoms with Crippen molar-refractivity contribution in [1.82, 2.24) is 5.32 Å². The average Bonchev–Trinajstić information content (AvgIpc) is 2.39. The molecule has 1 N–H and O–H groups in total. The van der Waals surface area contributed by atoms with Crippen LogP contribution in [0.5, 0.6) is 0 Å². The van der Waals surface area contributed by atoms with Gasteiger partial charge in [-0.25, -0.2) is 0 Å². The summed E-state index contributed by atoms with van der Waals surface area (Å²) in [6.07, 6.45) is 7.13. The normalized spacial score (nSPS) is 22.3. The van der Waals surface area contributed by atoms with E-state index >= 15 is 0 Å². The van der Waals surface area contributed by atoms with E-state index in [0.29, 0.717) is 0 Å². The molecule has 0 aliphatic heterocycles. The van der Waals surface area contributed by atoms with Crippen LogP contribution in [-0.2, 0) is 10.8 Å². The van der Waals surface area contributed by atoms with Crippen LogP contribution in [0.25, 0.3) is 0 Å². The SMILES string of the molecule is CS(=O)CCNC1CCCC1. The molecule has 1 aliphatic rings. The molecule has 1 atom stereocenters. The van der Waals surface area contributed by atoms with Crippen molar-refractivity contribution in [3.8, 4) is 0 Å². The highest BCUT2D eigenvalue weighted by Gasteiger charge is 2.13. The molecule has 0 heterocycles. The predicted octanol–water partition coefficient (Wildman–Crippen LogP) is 0.897. The van der Waals surface area contributed by atoms with Crippen LogP contribution >= 0.6 is 0 Å². The molecule has 0 aromatic carbocycles. The van der Waals surface area contributed by atoms with Gasteiger partial charge in [0.1, 0.15) is 0 Å². The summed E-state index contributed by atoms with van der Waals surface area (Å²) in [6.45, 7) is 0.924. The lowest BCUT2D eigenvalue weighted by Crippen LogP contribution is -2.29. The lowest BCUT2D eigenvalue weighted by atomic mass is 10.2. The molecule has 1 aliphatic carbocycles. The standard InChI is InChI=1S/C8H17NOS/c1-11(10)7-6-9-8-4-2-3-5-8/h8-9H,2-7H2,1H3. The Bertz CT molecular complexity index is 132. The van der Waals surface area contributed by atoms with Gasteiger partial charge in [-0.05, 0) is 12.8 Å². The lowest BCUT2D eigenvalue weighted by Gasteiger charge is -2.09. The maximum Gasteiger partial charge on any atom is 0.0357 e. The molecule has 3 heteroatoms. The quantitative estimate of drug-likeness (QED) is 0.688. The largest absolute Gasteiger partial charge is 0.313 e. The minimum atomic E-state index is -0.628. The highest BCUT2D eigenvalue weighted by Crippen LogP contribution is 2.17. The van der Waals surface area contributed by atoms with E-state index in [4.69, 9.17) is 0 Å². The minimum Gasteiger partial charge on any atom is -0.313 e. The van der Waals surface area contributed by atoms with Crippen molar-refractivity contribution in [2.45, 2.75) is 31.7 Å². The lowest BCUT2D eigenvalue weighted by molar-refractivity contribution is 0.543. The van der Waals surface area contributed by atoms with Crippen LogP contribution in [-0.4, -0.2) is 28.8 Å². The summed E-state index contributed by atoms with van der Waals surface area (Å²) >= 11 is 0. The molecule has 2 nitrogen and oxygen atoms in total. The molecular weight excluding hydrogens is 158 g/mol. The van der Waals surface area contributed by atoms with Gasteiger partial charge in [0, 0.05) is 35.4 Å². The van der Waals surface area contributed by atoms with Gasteiger partial charge in [0.25, 0.3) is 0 Å². The molecule has 0 amide bonds. The zero-order chi connectivity index (χ0) is 8.10. The van der Waals surface area contributed by atoms with Crippen LogP contribution in [0.15, 0.2) is 0 Å². The first-order valence-electron chi connectivity index (χ1n) is 4.32. The van der Waals surface area contributed by atoms with Gasteiger partial charge in [-0.3, -0.25) is 4.21 Å². The van der Waals surface area contributed by atoms with Gasteiger partial charge in [-0.1, -0.05) is 12.8 Å². The van der Waals surface area contributed by atoms with Crippen molar-refractivity contribution in [3.63, 3.8) is 0 Å². The third-order valence-electron chi connectivity index (χ3n) is 2.18. The van der Waals surface area contributed by atoms with Gasteiger partial charge in [0.05, 0.1) is 0 Å². The predicted molar refractivity (Wildman–Crippen MR) is 49.2 cm³/mol. The first-order valence-corrected chi connectivity index (χ1v) is 6.05. The van der Waals surface area contributed by atoms with E-state index in [1.54, 1.807) is 6.26 Å². The van der Waals surface area contributed by atoms with Crippen LogP contribution < -0.4 is 5.32 Å². The fourth-order valence-corrected chi connectivity index (χ4v) is 1.94. The molecule has 0 saturated heterocycles. The average molecular weight is 175 g/mol. The highest BCUT2D eigenvalue weighted by atomic mass is 32.2. The Labute approximate surface area is 71.2 Å². The molecule has 11 heavy (non-hydrogen) atoms. The van der Waals surface area contributed by atoms with Crippen LogP contribution in [0.4, 0.5) is 0 Å². The van der Waals surface area contributed by atoms with E-state index in [2.05, 4.69) is 5.32 Å². The first kappa shape index (κ1) is 9.20. The first-order chi connectivity index (χ1) is 5.29. The number of hydrogen-bond acceptors (Lipinski definition) is 2. The van der Waals surface area contributed by atoms with Gasteiger partial charge in [0.2, 0.25) is 0 Å². The molecule has 0 spiro atoms. The van der Waals surface area contributed by atoms with Crippen molar-refractivity contribution in [3.05, 3.63) is 0 Å². The third-order valence-corrected chi connectivity index (χ3v) is 2.96. The number of hydrogen-bond donors (Lipinski definition) is 1. The van der Waals surface area contributed by atoms with Crippen molar-refractivity contribution in [1.29, 1.82) is 0 Å². The summed E-state index contributed by atoms with van der Waals surface area (Å²) in [7, 11) is -0.628. The zero-order valence-corrected chi connectivity index (χ0v) is 7.95. The molecule has 66 valence electrons. The van der Waals surface area contributed by atoms with E-state index < -0.39 is 10.8 Å². The van der Waals surface area contributed by atoms with Gasteiger partial charge in [0.15, 0.2) is 0 Å².